The van der Waals surface area contributed by atoms with Crippen molar-refractivity contribution in [3.63, 3.8) is 0 Å². The number of carbonyl (C=O) groups is 1. The van der Waals surface area contributed by atoms with Gasteiger partial charge in [-0.2, -0.15) is 0 Å². The first-order chi connectivity index (χ1) is 19.8. The molecular formula is C33H42FN5O2. The number of amides is 1. The number of hydrogen-bond donors (Lipinski definition) is 3. The third-order valence-electron chi connectivity index (χ3n) is 8.08. The fourth-order valence-corrected chi connectivity index (χ4v) is 6.04. The molecule has 1 amide bonds. The normalized spacial score (nSPS) is 23.2. The van der Waals surface area contributed by atoms with Crippen molar-refractivity contribution in [3.05, 3.63) is 77.7 Å². The minimum Gasteiger partial charge on any atom is -0.438 e. The Labute approximate surface area is 242 Å². The van der Waals surface area contributed by atoms with Crippen molar-refractivity contribution in [2.24, 2.45) is 5.73 Å². The molecule has 5 rings (SSSR count). The van der Waals surface area contributed by atoms with Gasteiger partial charge in [0.15, 0.2) is 0 Å². The highest BCUT2D eigenvalue weighted by molar-refractivity contribution is 5.96. The topological polar surface area (TPSA) is 92.5 Å². The fourth-order valence-electron chi connectivity index (χ4n) is 6.04. The lowest BCUT2D eigenvalue weighted by atomic mass is 9.91. The van der Waals surface area contributed by atoms with Gasteiger partial charge >= 0.3 is 0 Å². The first kappa shape index (κ1) is 29.2. The lowest BCUT2D eigenvalue weighted by molar-refractivity contribution is 0.0922. The molecule has 1 saturated carbocycles. The zero-order valence-electron chi connectivity index (χ0n) is 24.1. The summed E-state index contributed by atoms with van der Waals surface area (Å²) in [4.78, 5) is 19.7. The molecule has 2 heterocycles. The molecule has 2 aliphatic rings. The Bertz CT molecular complexity index is 1300. The van der Waals surface area contributed by atoms with Gasteiger partial charge in [0.25, 0.3) is 5.91 Å². The Morgan fingerprint density at radius 1 is 1.05 bits per heavy atom. The number of carbonyl (C=O) groups excluding carboxylic acids is 1. The summed E-state index contributed by atoms with van der Waals surface area (Å²) in [6.45, 7) is 7.84. The third-order valence-corrected chi connectivity index (χ3v) is 8.08. The van der Waals surface area contributed by atoms with Crippen LogP contribution in [-0.4, -0.2) is 59.6 Å². The van der Waals surface area contributed by atoms with Crippen LogP contribution in [0.25, 0.3) is 11.1 Å². The Kier molecular flexibility index (Phi) is 9.64. The second-order valence-corrected chi connectivity index (χ2v) is 11.8. The number of pyridine rings is 1. The van der Waals surface area contributed by atoms with E-state index in [4.69, 9.17) is 10.5 Å². The fraction of sp³-hybridized carbons (Fsp3) is 0.455. The van der Waals surface area contributed by atoms with Gasteiger partial charge in [0.1, 0.15) is 17.1 Å². The van der Waals surface area contributed by atoms with Gasteiger partial charge < -0.3 is 26.0 Å². The standard InChI is InChI=1S/C33H42FN5O2/c1-22-20-39(21-23(2)37-22)16-4-5-24-8-10-25(11-9-24)26-6-3-7-30(17-26)41-33-31(18-27(34)19-36-33)32(40)38-29-14-12-28(35)13-15-29/h3,6-11,17-19,22-23,28-29,37H,4-5,12-16,20-21,35H2,1-2H3,(H,38,40)/t22-,23+,28?,29?. The van der Waals surface area contributed by atoms with Crippen molar-refractivity contribution >= 4 is 5.91 Å². The summed E-state index contributed by atoms with van der Waals surface area (Å²) >= 11 is 0. The number of rotatable bonds is 9. The highest BCUT2D eigenvalue weighted by Gasteiger charge is 2.24. The molecular weight excluding hydrogens is 517 g/mol. The average Bonchev–Trinajstić information content (AvgIpc) is 2.95. The summed E-state index contributed by atoms with van der Waals surface area (Å²) < 4.78 is 20.1. The zero-order valence-corrected chi connectivity index (χ0v) is 24.1. The van der Waals surface area contributed by atoms with Crippen molar-refractivity contribution in [3.8, 4) is 22.8 Å². The van der Waals surface area contributed by atoms with Crippen molar-refractivity contribution < 1.29 is 13.9 Å². The first-order valence-corrected chi connectivity index (χ1v) is 14.9. The van der Waals surface area contributed by atoms with Gasteiger partial charge in [-0.1, -0.05) is 36.4 Å². The smallest absolute Gasteiger partial charge is 0.257 e. The first-order valence-electron chi connectivity index (χ1n) is 14.9. The van der Waals surface area contributed by atoms with Crippen molar-refractivity contribution in [2.45, 2.75) is 76.5 Å². The Morgan fingerprint density at radius 2 is 1.78 bits per heavy atom. The molecule has 1 aliphatic heterocycles. The van der Waals surface area contributed by atoms with Crippen molar-refractivity contribution in [1.82, 2.24) is 20.5 Å². The van der Waals surface area contributed by atoms with Crippen LogP contribution in [0.3, 0.4) is 0 Å². The van der Waals surface area contributed by atoms with Gasteiger partial charge in [-0.15, -0.1) is 0 Å². The van der Waals surface area contributed by atoms with Gasteiger partial charge in [0.2, 0.25) is 5.88 Å². The number of halogens is 1. The van der Waals surface area contributed by atoms with E-state index in [1.165, 1.54) is 11.6 Å². The van der Waals surface area contributed by atoms with Gasteiger partial charge in [-0.05, 0) is 93.8 Å². The maximum Gasteiger partial charge on any atom is 0.257 e. The predicted molar refractivity (Wildman–Crippen MR) is 161 cm³/mol. The van der Waals surface area contributed by atoms with E-state index in [0.717, 1.165) is 75.5 Å². The van der Waals surface area contributed by atoms with Crippen molar-refractivity contribution in [1.29, 1.82) is 0 Å². The quantitative estimate of drug-likeness (QED) is 0.330. The van der Waals surface area contributed by atoms with Crippen LogP contribution in [0.15, 0.2) is 60.8 Å². The number of benzene rings is 2. The minimum absolute atomic E-state index is 0.0131. The molecule has 0 radical (unpaired) electrons. The van der Waals surface area contributed by atoms with E-state index >= 15 is 0 Å². The van der Waals surface area contributed by atoms with Crippen molar-refractivity contribution in [2.75, 3.05) is 19.6 Å². The summed E-state index contributed by atoms with van der Waals surface area (Å²) in [7, 11) is 0. The molecule has 218 valence electrons. The summed E-state index contributed by atoms with van der Waals surface area (Å²) in [6.07, 6.45) is 6.58. The summed E-state index contributed by atoms with van der Waals surface area (Å²) in [5.41, 5.74) is 9.46. The van der Waals surface area contributed by atoms with E-state index in [0.29, 0.717) is 17.8 Å². The third kappa shape index (κ3) is 8.12. The van der Waals surface area contributed by atoms with Crippen LogP contribution >= 0.6 is 0 Å². The monoisotopic (exact) mass is 559 g/mol. The van der Waals surface area contributed by atoms with Crippen LogP contribution < -0.4 is 21.1 Å². The zero-order chi connectivity index (χ0) is 28.8. The molecule has 0 bridgehead atoms. The maximum absolute atomic E-state index is 14.1. The van der Waals surface area contributed by atoms with Crippen LogP contribution in [-0.2, 0) is 6.42 Å². The largest absolute Gasteiger partial charge is 0.438 e. The molecule has 2 atom stereocenters. The molecule has 1 aromatic heterocycles. The van der Waals surface area contributed by atoms with E-state index in [-0.39, 0.29) is 29.4 Å². The van der Waals surface area contributed by atoms with E-state index in [9.17, 15) is 9.18 Å². The Hall–Kier alpha value is -3.33. The average molecular weight is 560 g/mol. The number of aromatic nitrogens is 1. The number of nitrogens with zero attached hydrogens (tertiary/aromatic N) is 2. The van der Waals surface area contributed by atoms with E-state index in [1.807, 2.05) is 24.3 Å². The number of piperazine rings is 1. The van der Waals surface area contributed by atoms with Crippen LogP contribution in [0, 0.1) is 5.82 Å². The molecule has 41 heavy (non-hydrogen) atoms. The number of ether oxygens (including phenoxy) is 1. The molecule has 0 unspecified atom stereocenters. The number of nitrogens with two attached hydrogens (primary N) is 1. The summed E-state index contributed by atoms with van der Waals surface area (Å²) in [6, 6.07) is 18.8. The SMILES string of the molecule is C[C@@H]1CN(CCCc2ccc(-c3cccc(Oc4ncc(F)cc4C(=O)NC4CCC(N)CC4)c3)cc2)C[C@H](C)N1. The van der Waals surface area contributed by atoms with E-state index in [2.05, 4.69) is 58.6 Å². The predicted octanol–water partition coefficient (Wildman–Crippen LogP) is 5.29. The van der Waals surface area contributed by atoms with Gasteiger partial charge in [-0.3, -0.25) is 4.79 Å². The molecule has 8 heteroatoms. The molecule has 3 aromatic rings. The van der Waals surface area contributed by atoms with Crippen LogP contribution in [0.4, 0.5) is 4.39 Å². The van der Waals surface area contributed by atoms with Gasteiger partial charge in [0.05, 0.1) is 6.20 Å². The summed E-state index contributed by atoms with van der Waals surface area (Å²) in [5.74, 6) is -0.362. The lowest BCUT2D eigenvalue weighted by Gasteiger charge is -2.36. The van der Waals surface area contributed by atoms with E-state index in [1.54, 1.807) is 0 Å². The molecule has 2 aromatic carbocycles. The van der Waals surface area contributed by atoms with Crippen LogP contribution in [0.2, 0.25) is 0 Å². The number of nitrogens with one attached hydrogen (secondary N) is 2. The Balaban J connectivity index is 1.20. The highest BCUT2D eigenvalue weighted by atomic mass is 19.1. The van der Waals surface area contributed by atoms with Crippen LogP contribution in [0.1, 0.15) is 61.9 Å². The highest BCUT2D eigenvalue weighted by Crippen LogP contribution is 2.29. The Morgan fingerprint density at radius 3 is 2.51 bits per heavy atom. The summed E-state index contributed by atoms with van der Waals surface area (Å²) in [5, 5.41) is 6.59. The second-order valence-electron chi connectivity index (χ2n) is 11.8. The molecule has 4 N–H and O–H groups in total. The number of hydrogen-bond acceptors (Lipinski definition) is 6. The lowest BCUT2D eigenvalue weighted by Crippen LogP contribution is -2.54. The molecule has 1 aliphatic carbocycles. The van der Waals surface area contributed by atoms with Gasteiger partial charge in [0, 0.05) is 37.3 Å². The molecule has 0 spiro atoms. The van der Waals surface area contributed by atoms with E-state index < -0.39 is 5.82 Å². The minimum atomic E-state index is -0.584. The number of aryl methyl sites for hydroxylation is 1. The second kappa shape index (κ2) is 13.6. The molecule has 7 nitrogen and oxygen atoms in total. The van der Waals surface area contributed by atoms with Gasteiger partial charge in [-0.25, -0.2) is 9.37 Å². The van der Waals surface area contributed by atoms with Crippen LogP contribution in [0.5, 0.6) is 11.6 Å². The molecule has 1 saturated heterocycles. The maximum atomic E-state index is 14.1. The molecule has 2 fully saturated rings.